The zero-order chi connectivity index (χ0) is 15.4. The number of hydrogen-bond acceptors (Lipinski definition) is 3. The Balaban J connectivity index is 1.73. The summed E-state index contributed by atoms with van der Waals surface area (Å²) < 4.78 is 18.9. The van der Waals surface area contributed by atoms with Gasteiger partial charge in [-0.1, -0.05) is 12.1 Å². The van der Waals surface area contributed by atoms with Crippen molar-refractivity contribution in [3.05, 3.63) is 58.0 Å². The fourth-order valence-electron chi connectivity index (χ4n) is 2.73. The minimum absolute atomic E-state index is 0.0387. The van der Waals surface area contributed by atoms with Gasteiger partial charge in [-0.05, 0) is 52.9 Å². The summed E-state index contributed by atoms with van der Waals surface area (Å²) in [6, 6.07) is 7.99. The summed E-state index contributed by atoms with van der Waals surface area (Å²) in [6.07, 6.45) is 2.20. The second-order valence-corrected chi connectivity index (χ2v) is 6.24. The second-order valence-electron chi connectivity index (χ2n) is 5.46. The highest BCUT2D eigenvalue weighted by Crippen LogP contribution is 2.27. The molecule has 1 saturated heterocycles. The first kappa shape index (κ1) is 15.2. The molecule has 1 aliphatic rings. The first-order valence-corrected chi connectivity index (χ1v) is 8.34. The van der Waals surface area contributed by atoms with E-state index >= 15 is 0 Å². The van der Waals surface area contributed by atoms with Gasteiger partial charge >= 0.3 is 0 Å². The Morgan fingerprint density at radius 2 is 2.18 bits per heavy atom. The zero-order valence-electron chi connectivity index (χ0n) is 12.1. The van der Waals surface area contributed by atoms with Crippen molar-refractivity contribution in [3.8, 4) is 0 Å². The van der Waals surface area contributed by atoms with Crippen LogP contribution in [0.2, 0.25) is 0 Å². The van der Waals surface area contributed by atoms with Crippen LogP contribution < -0.4 is 5.32 Å². The van der Waals surface area contributed by atoms with E-state index in [-0.39, 0.29) is 23.9 Å². The molecular formula is C17H18FNO2S. The maximum Gasteiger partial charge on any atom is 0.225 e. The highest BCUT2D eigenvalue weighted by molar-refractivity contribution is 7.07. The molecule has 3 nitrogen and oxygen atoms in total. The Morgan fingerprint density at radius 3 is 2.82 bits per heavy atom. The van der Waals surface area contributed by atoms with E-state index in [4.69, 9.17) is 4.74 Å². The van der Waals surface area contributed by atoms with Crippen molar-refractivity contribution < 1.29 is 13.9 Å². The molecule has 5 heteroatoms. The van der Waals surface area contributed by atoms with E-state index < -0.39 is 0 Å². The molecule has 116 valence electrons. The van der Waals surface area contributed by atoms with E-state index in [2.05, 4.69) is 5.32 Å². The van der Waals surface area contributed by atoms with Crippen molar-refractivity contribution >= 4 is 17.2 Å². The number of thiophene rings is 1. The molecule has 1 fully saturated rings. The standard InChI is InChI=1S/C17H18FNO2S/c18-14-5-3-13(4-6-14)17(15-2-1-8-21-15)19-16(20)10-12-7-9-22-11-12/h3-7,9,11,15,17H,1-2,8,10H2,(H,19,20)/t15-,17-/m0/s1. The third kappa shape index (κ3) is 3.72. The van der Waals surface area contributed by atoms with Gasteiger partial charge in [-0.3, -0.25) is 4.79 Å². The molecule has 2 atom stereocenters. The van der Waals surface area contributed by atoms with Crippen molar-refractivity contribution in [3.63, 3.8) is 0 Å². The fourth-order valence-corrected chi connectivity index (χ4v) is 3.40. The Bertz CT molecular complexity index is 606. The Hall–Kier alpha value is -1.72. The number of halogens is 1. The number of carbonyl (C=O) groups excluding carboxylic acids is 1. The minimum Gasteiger partial charge on any atom is -0.376 e. The monoisotopic (exact) mass is 319 g/mol. The fraction of sp³-hybridized carbons (Fsp3) is 0.353. The van der Waals surface area contributed by atoms with Gasteiger partial charge in [0, 0.05) is 6.61 Å². The molecule has 0 bridgehead atoms. The van der Waals surface area contributed by atoms with Crippen molar-refractivity contribution in [1.29, 1.82) is 0 Å². The predicted molar refractivity (Wildman–Crippen MR) is 84.3 cm³/mol. The van der Waals surface area contributed by atoms with E-state index in [1.807, 2.05) is 16.8 Å². The largest absolute Gasteiger partial charge is 0.376 e. The summed E-state index contributed by atoms with van der Waals surface area (Å²) in [7, 11) is 0. The van der Waals surface area contributed by atoms with Crippen LogP contribution >= 0.6 is 11.3 Å². The Kier molecular flexibility index (Phi) is 4.85. The highest BCUT2D eigenvalue weighted by atomic mass is 32.1. The highest BCUT2D eigenvalue weighted by Gasteiger charge is 2.28. The van der Waals surface area contributed by atoms with Gasteiger partial charge in [-0.15, -0.1) is 0 Å². The van der Waals surface area contributed by atoms with Gasteiger partial charge in [0.15, 0.2) is 0 Å². The first-order chi connectivity index (χ1) is 10.7. The Labute approximate surface area is 133 Å². The lowest BCUT2D eigenvalue weighted by atomic mass is 9.99. The molecule has 2 aromatic rings. The van der Waals surface area contributed by atoms with E-state index in [0.29, 0.717) is 13.0 Å². The van der Waals surface area contributed by atoms with Crippen molar-refractivity contribution in [2.75, 3.05) is 6.61 Å². The molecule has 0 saturated carbocycles. The quantitative estimate of drug-likeness (QED) is 0.916. The topological polar surface area (TPSA) is 38.3 Å². The number of amides is 1. The molecule has 1 N–H and O–H groups in total. The van der Waals surface area contributed by atoms with Gasteiger partial charge in [-0.25, -0.2) is 4.39 Å². The van der Waals surface area contributed by atoms with Crippen molar-refractivity contribution in [1.82, 2.24) is 5.32 Å². The SMILES string of the molecule is O=C(Cc1ccsc1)N[C@@H](c1ccc(F)cc1)[C@@H]1CCCO1. The molecule has 22 heavy (non-hydrogen) atoms. The first-order valence-electron chi connectivity index (χ1n) is 7.40. The van der Waals surface area contributed by atoms with Crippen molar-refractivity contribution in [2.24, 2.45) is 0 Å². The van der Waals surface area contributed by atoms with Crippen LogP contribution in [0.1, 0.15) is 30.0 Å². The van der Waals surface area contributed by atoms with Crippen LogP contribution in [0.25, 0.3) is 0 Å². The van der Waals surface area contributed by atoms with E-state index in [9.17, 15) is 9.18 Å². The number of rotatable bonds is 5. The third-order valence-corrected chi connectivity index (χ3v) is 4.56. The average Bonchev–Trinajstić information content (AvgIpc) is 3.19. The maximum absolute atomic E-state index is 13.1. The van der Waals surface area contributed by atoms with Gasteiger partial charge in [0.2, 0.25) is 5.91 Å². The predicted octanol–water partition coefficient (Wildman–Crippen LogP) is 3.47. The van der Waals surface area contributed by atoms with Gasteiger partial charge < -0.3 is 10.1 Å². The van der Waals surface area contributed by atoms with Crippen LogP contribution in [0.3, 0.4) is 0 Å². The summed E-state index contributed by atoms with van der Waals surface area (Å²) in [5.74, 6) is -0.317. The summed E-state index contributed by atoms with van der Waals surface area (Å²) >= 11 is 1.58. The van der Waals surface area contributed by atoms with Crippen LogP contribution in [0.4, 0.5) is 4.39 Å². The van der Waals surface area contributed by atoms with Gasteiger partial charge in [0.25, 0.3) is 0 Å². The summed E-state index contributed by atoms with van der Waals surface area (Å²) in [6.45, 7) is 0.711. The maximum atomic E-state index is 13.1. The van der Waals surface area contributed by atoms with E-state index in [1.54, 1.807) is 23.5 Å². The van der Waals surface area contributed by atoms with E-state index in [0.717, 1.165) is 24.0 Å². The van der Waals surface area contributed by atoms with Gasteiger partial charge in [0.1, 0.15) is 5.82 Å². The number of nitrogens with one attached hydrogen (secondary N) is 1. The summed E-state index contributed by atoms with van der Waals surface area (Å²) in [5.41, 5.74) is 1.89. The molecule has 3 rings (SSSR count). The lowest BCUT2D eigenvalue weighted by Crippen LogP contribution is -2.36. The van der Waals surface area contributed by atoms with Crippen LogP contribution in [0, 0.1) is 5.82 Å². The van der Waals surface area contributed by atoms with Gasteiger partial charge in [0.05, 0.1) is 18.6 Å². The molecule has 1 amide bonds. The molecule has 0 radical (unpaired) electrons. The normalized spacial score (nSPS) is 19.0. The van der Waals surface area contributed by atoms with Crippen LogP contribution in [0.15, 0.2) is 41.1 Å². The number of carbonyl (C=O) groups is 1. The number of hydrogen-bond donors (Lipinski definition) is 1. The molecule has 0 spiro atoms. The zero-order valence-corrected chi connectivity index (χ0v) is 12.9. The third-order valence-electron chi connectivity index (χ3n) is 3.83. The molecule has 1 aromatic heterocycles. The Morgan fingerprint density at radius 1 is 1.36 bits per heavy atom. The van der Waals surface area contributed by atoms with Crippen molar-refractivity contribution in [2.45, 2.75) is 31.4 Å². The minimum atomic E-state index is -0.278. The lowest BCUT2D eigenvalue weighted by Gasteiger charge is -2.24. The summed E-state index contributed by atoms with van der Waals surface area (Å²) in [5, 5.41) is 6.98. The second kappa shape index (κ2) is 7.03. The van der Waals surface area contributed by atoms with Crippen LogP contribution in [0.5, 0.6) is 0 Å². The number of ether oxygens (including phenoxy) is 1. The number of benzene rings is 1. The smallest absolute Gasteiger partial charge is 0.225 e. The lowest BCUT2D eigenvalue weighted by molar-refractivity contribution is -0.122. The molecule has 2 heterocycles. The van der Waals surface area contributed by atoms with E-state index in [1.165, 1.54) is 12.1 Å². The summed E-state index contributed by atoms with van der Waals surface area (Å²) in [4.78, 5) is 12.3. The average molecular weight is 319 g/mol. The molecule has 0 aliphatic carbocycles. The van der Waals surface area contributed by atoms with Gasteiger partial charge in [-0.2, -0.15) is 11.3 Å². The molecule has 0 unspecified atom stereocenters. The molecular weight excluding hydrogens is 301 g/mol. The molecule has 1 aromatic carbocycles. The molecule has 1 aliphatic heterocycles. The van der Waals surface area contributed by atoms with Crippen LogP contribution in [-0.4, -0.2) is 18.6 Å². The van der Waals surface area contributed by atoms with Crippen LogP contribution in [-0.2, 0) is 16.0 Å².